The minimum absolute atomic E-state index is 0.587. The van der Waals surface area contributed by atoms with E-state index in [1.54, 1.807) is 7.05 Å². The molecule has 4 rings (SSSR count). The Balaban J connectivity index is 1.21. The summed E-state index contributed by atoms with van der Waals surface area (Å²) in [5.41, 5.74) is 0.858. The molecular formula is C20H27N7S. The lowest BCUT2D eigenvalue weighted by molar-refractivity contribution is 0.179. The van der Waals surface area contributed by atoms with Crippen LogP contribution in [0.2, 0.25) is 0 Å². The maximum absolute atomic E-state index is 4.34. The second-order valence-corrected chi connectivity index (χ2v) is 8.18. The molecule has 0 saturated carbocycles. The van der Waals surface area contributed by atoms with E-state index < -0.39 is 0 Å². The smallest absolute Gasteiger partial charge is 0.191 e. The van der Waals surface area contributed by atoms with Crippen LogP contribution in [0.4, 0.5) is 0 Å². The van der Waals surface area contributed by atoms with Crippen LogP contribution in [0.1, 0.15) is 23.5 Å². The van der Waals surface area contributed by atoms with E-state index in [0.29, 0.717) is 12.5 Å². The van der Waals surface area contributed by atoms with Crippen LogP contribution in [0.3, 0.4) is 0 Å². The normalized spacial score (nSPS) is 16.5. The first-order valence-electron chi connectivity index (χ1n) is 9.79. The van der Waals surface area contributed by atoms with E-state index in [2.05, 4.69) is 48.2 Å². The second kappa shape index (κ2) is 9.16. The lowest BCUT2D eigenvalue weighted by Crippen LogP contribution is -2.42. The third kappa shape index (κ3) is 4.69. The van der Waals surface area contributed by atoms with Gasteiger partial charge in [-0.25, -0.2) is 0 Å². The van der Waals surface area contributed by atoms with Gasteiger partial charge in [-0.05, 0) is 55.4 Å². The van der Waals surface area contributed by atoms with Crippen molar-refractivity contribution in [1.29, 1.82) is 0 Å². The number of nitrogens with zero attached hydrogens (tertiary/aromatic N) is 5. The van der Waals surface area contributed by atoms with Crippen LogP contribution in [0, 0.1) is 5.92 Å². The minimum atomic E-state index is 0.587. The van der Waals surface area contributed by atoms with Gasteiger partial charge in [0.2, 0.25) is 0 Å². The highest BCUT2D eigenvalue weighted by molar-refractivity contribution is 7.09. The average molecular weight is 398 g/mol. The summed E-state index contributed by atoms with van der Waals surface area (Å²) in [4.78, 5) is 8.37. The summed E-state index contributed by atoms with van der Waals surface area (Å²) in [6, 6.07) is 10.3. The lowest BCUT2D eigenvalue weighted by atomic mass is 9.97. The van der Waals surface area contributed by atoms with Gasteiger partial charge in [-0.15, -0.1) is 21.5 Å². The Kier molecular flexibility index (Phi) is 6.18. The first-order valence-corrected chi connectivity index (χ1v) is 10.7. The summed E-state index contributed by atoms with van der Waals surface area (Å²) >= 11 is 1.85. The van der Waals surface area contributed by atoms with E-state index in [-0.39, 0.29) is 0 Å². The molecule has 0 radical (unpaired) electrons. The Bertz CT molecular complexity index is 894. The molecule has 8 heteroatoms. The molecule has 1 fully saturated rings. The lowest BCUT2D eigenvalue weighted by Gasteiger charge is -2.32. The van der Waals surface area contributed by atoms with E-state index in [1.165, 1.54) is 30.8 Å². The number of fused-ring (bicyclic) bond motifs is 1. The van der Waals surface area contributed by atoms with E-state index in [9.17, 15) is 0 Å². The van der Waals surface area contributed by atoms with Gasteiger partial charge in [-0.2, -0.15) is 0 Å². The zero-order valence-corrected chi connectivity index (χ0v) is 17.0. The zero-order valence-electron chi connectivity index (χ0n) is 16.2. The van der Waals surface area contributed by atoms with Crippen molar-refractivity contribution in [2.75, 3.05) is 26.7 Å². The maximum Gasteiger partial charge on any atom is 0.191 e. The molecule has 1 aliphatic rings. The predicted molar refractivity (Wildman–Crippen MR) is 114 cm³/mol. The van der Waals surface area contributed by atoms with Gasteiger partial charge in [-0.1, -0.05) is 12.1 Å². The molecule has 0 atom stereocenters. The van der Waals surface area contributed by atoms with Crippen molar-refractivity contribution in [1.82, 2.24) is 30.1 Å². The maximum atomic E-state index is 4.34. The summed E-state index contributed by atoms with van der Waals surface area (Å²) in [7, 11) is 1.81. The van der Waals surface area contributed by atoms with E-state index in [1.807, 2.05) is 40.1 Å². The Morgan fingerprint density at radius 1 is 1.18 bits per heavy atom. The van der Waals surface area contributed by atoms with Gasteiger partial charge in [0.1, 0.15) is 0 Å². The molecule has 2 N–H and O–H groups in total. The summed E-state index contributed by atoms with van der Waals surface area (Å²) in [6.45, 7) is 4.97. The Hall–Kier alpha value is -2.45. The molecule has 3 aromatic heterocycles. The van der Waals surface area contributed by atoms with Crippen LogP contribution in [-0.2, 0) is 13.1 Å². The number of rotatable bonds is 6. The number of likely N-dealkylation sites (tertiary alicyclic amines) is 1. The van der Waals surface area contributed by atoms with Crippen molar-refractivity contribution in [2.45, 2.75) is 25.9 Å². The standard InChI is InChI=1S/C20H27N7S/c1-21-20(23-14-19-25-24-18-6-2-3-9-27(18)19)22-13-16-7-10-26(11-8-16)15-17-5-4-12-28-17/h2-6,9,12,16H,7-8,10-11,13-15H2,1H3,(H2,21,22,23). The molecule has 0 bridgehead atoms. The zero-order chi connectivity index (χ0) is 19.2. The topological polar surface area (TPSA) is 69.8 Å². The fraction of sp³-hybridized carbons (Fsp3) is 0.450. The van der Waals surface area contributed by atoms with E-state index >= 15 is 0 Å². The van der Waals surface area contributed by atoms with Crippen molar-refractivity contribution in [3.8, 4) is 0 Å². The van der Waals surface area contributed by atoms with Crippen LogP contribution >= 0.6 is 11.3 Å². The first-order chi connectivity index (χ1) is 13.8. The summed E-state index contributed by atoms with van der Waals surface area (Å²) in [5, 5.41) is 17.4. The molecule has 0 aliphatic carbocycles. The SMILES string of the molecule is CN=C(NCc1nnc2ccccn12)NCC1CCN(Cc2cccs2)CC1. The molecule has 0 spiro atoms. The number of thiophene rings is 1. The molecule has 1 aliphatic heterocycles. The number of aromatic nitrogens is 3. The fourth-order valence-corrected chi connectivity index (χ4v) is 4.35. The molecule has 3 aromatic rings. The molecule has 0 amide bonds. The van der Waals surface area contributed by atoms with Crippen molar-refractivity contribution in [3.63, 3.8) is 0 Å². The van der Waals surface area contributed by atoms with Gasteiger partial charge in [0.05, 0.1) is 6.54 Å². The number of hydrogen-bond donors (Lipinski definition) is 2. The summed E-state index contributed by atoms with van der Waals surface area (Å²) in [5.74, 6) is 2.38. The Labute approximate surface area is 169 Å². The molecule has 148 valence electrons. The number of piperidine rings is 1. The van der Waals surface area contributed by atoms with Crippen LogP contribution in [0.15, 0.2) is 46.9 Å². The number of hydrogen-bond acceptors (Lipinski definition) is 5. The van der Waals surface area contributed by atoms with Crippen LogP contribution in [-0.4, -0.2) is 52.1 Å². The van der Waals surface area contributed by atoms with Crippen molar-refractivity contribution in [3.05, 3.63) is 52.6 Å². The van der Waals surface area contributed by atoms with Gasteiger partial charge in [-0.3, -0.25) is 14.3 Å². The minimum Gasteiger partial charge on any atom is -0.356 e. The highest BCUT2D eigenvalue weighted by Crippen LogP contribution is 2.20. The quantitative estimate of drug-likeness (QED) is 0.494. The van der Waals surface area contributed by atoms with Crippen LogP contribution in [0.25, 0.3) is 5.65 Å². The number of aliphatic imine (C=N–C) groups is 1. The summed E-state index contributed by atoms with van der Waals surface area (Å²) in [6.07, 6.45) is 4.43. The molecule has 4 heterocycles. The number of nitrogens with one attached hydrogen (secondary N) is 2. The van der Waals surface area contributed by atoms with E-state index in [0.717, 1.165) is 30.5 Å². The van der Waals surface area contributed by atoms with Crippen LogP contribution < -0.4 is 10.6 Å². The molecule has 0 unspecified atom stereocenters. The van der Waals surface area contributed by atoms with Gasteiger partial charge < -0.3 is 10.6 Å². The molecule has 0 aromatic carbocycles. The highest BCUT2D eigenvalue weighted by Gasteiger charge is 2.19. The third-order valence-electron chi connectivity index (χ3n) is 5.25. The number of guanidine groups is 1. The number of pyridine rings is 1. The first kappa shape index (κ1) is 18.9. The Morgan fingerprint density at radius 3 is 2.86 bits per heavy atom. The second-order valence-electron chi connectivity index (χ2n) is 7.15. The monoisotopic (exact) mass is 397 g/mol. The predicted octanol–water partition coefficient (Wildman–Crippen LogP) is 2.37. The Morgan fingerprint density at radius 2 is 2.07 bits per heavy atom. The highest BCUT2D eigenvalue weighted by atomic mass is 32.1. The molecule has 28 heavy (non-hydrogen) atoms. The van der Waals surface area contributed by atoms with Gasteiger partial charge in [0.15, 0.2) is 17.4 Å². The van der Waals surface area contributed by atoms with E-state index in [4.69, 9.17) is 0 Å². The van der Waals surface area contributed by atoms with Gasteiger partial charge in [0.25, 0.3) is 0 Å². The average Bonchev–Trinajstić information content (AvgIpc) is 3.39. The molecular weight excluding hydrogens is 370 g/mol. The van der Waals surface area contributed by atoms with Crippen molar-refractivity contribution >= 4 is 22.9 Å². The van der Waals surface area contributed by atoms with Gasteiger partial charge in [0, 0.05) is 31.2 Å². The van der Waals surface area contributed by atoms with Crippen molar-refractivity contribution < 1.29 is 0 Å². The summed E-state index contributed by atoms with van der Waals surface area (Å²) < 4.78 is 1.99. The molecule has 1 saturated heterocycles. The van der Waals surface area contributed by atoms with Gasteiger partial charge >= 0.3 is 0 Å². The third-order valence-corrected chi connectivity index (χ3v) is 6.11. The largest absolute Gasteiger partial charge is 0.356 e. The van der Waals surface area contributed by atoms with Crippen molar-refractivity contribution in [2.24, 2.45) is 10.9 Å². The van der Waals surface area contributed by atoms with Crippen LogP contribution in [0.5, 0.6) is 0 Å². The fourth-order valence-electron chi connectivity index (χ4n) is 3.61. The molecule has 7 nitrogen and oxygen atoms in total.